The average Bonchev–Trinajstić information content (AvgIpc) is 3.10. The van der Waals surface area contributed by atoms with E-state index < -0.39 is 0 Å². The van der Waals surface area contributed by atoms with Gasteiger partial charge in [-0.05, 0) is 29.9 Å². The van der Waals surface area contributed by atoms with Crippen LogP contribution in [0.3, 0.4) is 0 Å². The third-order valence-corrected chi connectivity index (χ3v) is 5.09. The van der Waals surface area contributed by atoms with Crippen LogP contribution < -0.4 is 5.32 Å². The van der Waals surface area contributed by atoms with Gasteiger partial charge >= 0.3 is 0 Å². The molecule has 27 heavy (non-hydrogen) atoms. The van der Waals surface area contributed by atoms with Gasteiger partial charge in [0.1, 0.15) is 5.82 Å². The first-order valence-electron chi connectivity index (χ1n) is 8.84. The summed E-state index contributed by atoms with van der Waals surface area (Å²) in [5, 5.41) is 9.73. The van der Waals surface area contributed by atoms with Crippen molar-refractivity contribution in [2.45, 2.75) is 25.2 Å². The first kappa shape index (κ1) is 17.5. The number of rotatable bonds is 6. The summed E-state index contributed by atoms with van der Waals surface area (Å²) in [5.41, 5.74) is 4.57. The Balaban J connectivity index is 1.67. The van der Waals surface area contributed by atoms with Crippen LogP contribution in [0.1, 0.15) is 16.7 Å². The van der Waals surface area contributed by atoms with Gasteiger partial charge in [-0.15, -0.1) is 0 Å². The third kappa shape index (κ3) is 3.80. The van der Waals surface area contributed by atoms with Crippen molar-refractivity contribution in [2.24, 2.45) is 0 Å². The normalized spacial score (nSPS) is 11.0. The number of hydrogen-bond donors (Lipinski definition) is 1. The van der Waals surface area contributed by atoms with Gasteiger partial charge < -0.3 is 5.32 Å². The molecular formula is C21H21N5S. The molecule has 0 fully saturated rings. The lowest BCUT2D eigenvalue weighted by Gasteiger charge is -2.10. The van der Waals surface area contributed by atoms with Crippen molar-refractivity contribution in [2.75, 3.05) is 11.6 Å². The molecule has 0 radical (unpaired) electrons. The van der Waals surface area contributed by atoms with Crippen LogP contribution in [0.15, 0.2) is 66.0 Å². The summed E-state index contributed by atoms with van der Waals surface area (Å²) in [4.78, 5) is 9.37. The molecule has 0 saturated carbocycles. The topological polar surface area (TPSA) is 55.6 Å². The molecule has 2 aromatic heterocycles. The Morgan fingerprint density at radius 2 is 1.78 bits per heavy atom. The van der Waals surface area contributed by atoms with Gasteiger partial charge in [-0.1, -0.05) is 66.4 Å². The lowest BCUT2D eigenvalue weighted by Crippen LogP contribution is -2.06. The fraction of sp³-hybridized carbons (Fsp3) is 0.190. The molecule has 136 valence electrons. The standard InChI is InChI=1S/C21H21N5S/c1-15-8-6-7-11-17(15)12-22-19-18-13-23-26(14-16-9-4-3-5-10-16)20(18)25-21(24-19)27-2/h3-11,13H,12,14H2,1-2H3,(H,22,24,25). The number of fused-ring (bicyclic) bond motifs is 1. The van der Waals surface area contributed by atoms with Gasteiger partial charge in [0.15, 0.2) is 10.8 Å². The van der Waals surface area contributed by atoms with E-state index in [-0.39, 0.29) is 0 Å². The van der Waals surface area contributed by atoms with Crippen LogP contribution >= 0.6 is 11.8 Å². The monoisotopic (exact) mass is 375 g/mol. The highest BCUT2D eigenvalue weighted by Crippen LogP contribution is 2.24. The molecule has 4 rings (SSSR count). The third-order valence-electron chi connectivity index (χ3n) is 4.54. The number of nitrogens with one attached hydrogen (secondary N) is 1. The molecule has 0 bridgehead atoms. The minimum atomic E-state index is 0.687. The predicted octanol–water partition coefficient (Wildman–Crippen LogP) is 4.52. The van der Waals surface area contributed by atoms with Crippen LogP contribution in [0.5, 0.6) is 0 Å². The Hall–Kier alpha value is -2.86. The van der Waals surface area contributed by atoms with Gasteiger partial charge in [-0.2, -0.15) is 5.10 Å². The zero-order valence-corrected chi connectivity index (χ0v) is 16.2. The predicted molar refractivity (Wildman–Crippen MR) is 111 cm³/mol. The maximum atomic E-state index is 4.70. The number of aromatic nitrogens is 4. The summed E-state index contributed by atoms with van der Waals surface area (Å²) in [6.45, 7) is 3.53. The molecule has 0 atom stereocenters. The second-order valence-electron chi connectivity index (χ2n) is 6.36. The van der Waals surface area contributed by atoms with Gasteiger partial charge in [0.05, 0.1) is 18.1 Å². The van der Waals surface area contributed by atoms with Crippen LogP contribution in [0.2, 0.25) is 0 Å². The van der Waals surface area contributed by atoms with E-state index in [2.05, 4.69) is 58.7 Å². The highest BCUT2D eigenvalue weighted by molar-refractivity contribution is 7.98. The molecule has 5 nitrogen and oxygen atoms in total. The molecule has 0 unspecified atom stereocenters. The second-order valence-corrected chi connectivity index (χ2v) is 7.14. The maximum Gasteiger partial charge on any atom is 0.191 e. The van der Waals surface area contributed by atoms with Crippen LogP contribution in [0, 0.1) is 6.92 Å². The van der Waals surface area contributed by atoms with Crippen molar-refractivity contribution >= 4 is 28.6 Å². The van der Waals surface area contributed by atoms with E-state index in [0.717, 1.165) is 28.6 Å². The van der Waals surface area contributed by atoms with Crippen LogP contribution in [-0.4, -0.2) is 26.0 Å². The van der Waals surface area contributed by atoms with Crippen LogP contribution in [0.25, 0.3) is 11.0 Å². The minimum absolute atomic E-state index is 0.687. The van der Waals surface area contributed by atoms with Gasteiger partial charge in [-0.25, -0.2) is 14.6 Å². The average molecular weight is 376 g/mol. The molecule has 6 heteroatoms. The minimum Gasteiger partial charge on any atom is -0.365 e. The van der Waals surface area contributed by atoms with Crippen molar-refractivity contribution < 1.29 is 0 Å². The zero-order chi connectivity index (χ0) is 18.6. The lowest BCUT2D eigenvalue weighted by molar-refractivity contribution is 0.699. The molecular weight excluding hydrogens is 354 g/mol. The molecule has 0 saturated heterocycles. The Kier molecular flexibility index (Phi) is 5.07. The molecule has 2 aromatic carbocycles. The lowest BCUT2D eigenvalue weighted by atomic mass is 10.1. The van der Waals surface area contributed by atoms with Gasteiger partial charge in [0.2, 0.25) is 0 Å². The number of anilines is 1. The van der Waals surface area contributed by atoms with Gasteiger partial charge in [0.25, 0.3) is 0 Å². The Morgan fingerprint density at radius 3 is 2.56 bits per heavy atom. The van der Waals surface area contributed by atoms with Crippen molar-refractivity contribution in [1.82, 2.24) is 19.7 Å². The quantitative estimate of drug-likeness (QED) is 0.397. The smallest absolute Gasteiger partial charge is 0.191 e. The van der Waals surface area contributed by atoms with Crippen molar-refractivity contribution in [3.05, 3.63) is 77.5 Å². The Morgan fingerprint density at radius 1 is 1.00 bits per heavy atom. The van der Waals surface area contributed by atoms with Gasteiger partial charge in [-0.3, -0.25) is 0 Å². The SMILES string of the molecule is CSc1nc(NCc2ccccc2C)c2cnn(Cc3ccccc3)c2n1. The van der Waals surface area contributed by atoms with Gasteiger partial charge in [0, 0.05) is 6.54 Å². The molecule has 0 aliphatic rings. The summed E-state index contributed by atoms with van der Waals surface area (Å²) < 4.78 is 1.94. The van der Waals surface area contributed by atoms with E-state index in [4.69, 9.17) is 4.98 Å². The molecule has 2 heterocycles. The number of nitrogens with zero attached hydrogens (tertiary/aromatic N) is 4. The number of thioether (sulfide) groups is 1. The summed E-state index contributed by atoms with van der Waals surface area (Å²) in [6, 6.07) is 18.7. The number of aryl methyl sites for hydroxylation is 1. The summed E-state index contributed by atoms with van der Waals surface area (Å²) in [6.07, 6.45) is 3.84. The van der Waals surface area contributed by atoms with Crippen molar-refractivity contribution in [1.29, 1.82) is 0 Å². The van der Waals surface area contributed by atoms with Crippen LogP contribution in [-0.2, 0) is 13.1 Å². The van der Waals surface area contributed by atoms with E-state index in [9.17, 15) is 0 Å². The fourth-order valence-electron chi connectivity index (χ4n) is 3.02. The van der Waals surface area contributed by atoms with Crippen molar-refractivity contribution in [3.63, 3.8) is 0 Å². The van der Waals surface area contributed by atoms with Crippen LogP contribution in [0.4, 0.5) is 5.82 Å². The molecule has 0 aliphatic heterocycles. The molecule has 0 amide bonds. The Bertz CT molecular complexity index is 1060. The van der Waals surface area contributed by atoms with Crippen molar-refractivity contribution in [3.8, 4) is 0 Å². The first-order chi connectivity index (χ1) is 13.2. The van der Waals surface area contributed by atoms with E-state index in [0.29, 0.717) is 6.54 Å². The Labute approximate surface area is 162 Å². The van der Waals surface area contributed by atoms with E-state index in [1.165, 1.54) is 28.5 Å². The number of hydrogen-bond acceptors (Lipinski definition) is 5. The van der Waals surface area contributed by atoms with E-state index >= 15 is 0 Å². The summed E-state index contributed by atoms with van der Waals surface area (Å²) >= 11 is 1.54. The maximum absolute atomic E-state index is 4.70. The first-order valence-corrected chi connectivity index (χ1v) is 10.1. The highest BCUT2D eigenvalue weighted by Gasteiger charge is 2.13. The molecule has 1 N–H and O–H groups in total. The summed E-state index contributed by atoms with van der Waals surface area (Å²) in [5.74, 6) is 0.826. The van der Waals surface area contributed by atoms with E-state index in [1.54, 1.807) is 0 Å². The van der Waals surface area contributed by atoms with E-state index in [1.807, 2.05) is 35.3 Å². The molecule has 0 spiro atoms. The largest absolute Gasteiger partial charge is 0.365 e. The fourth-order valence-corrected chi connectivity index (χ4v) is 3.38. The highest BCUT2D eigenvalue weighted by atomic mass is 32.2. The second kappa shape index (κ2) is 7.80. The molecule has 0 aliphatic carbocycles. The zero-order valence-electron chi connectivity index (χ0n) is 15.4. The number of benzene rings is 2. The molecule has 4 aromatic rings. The summed E-state index contributed by atoms with van der Waals surface area (Å²) in [7, 11) is 0.